The van der Waals surface area contributed by atoms with E-state index in [-0.39, 0.29) is 35.4 Å². The van der Waals surface area contributed by atoms with Gasteiger partial charge in [-0.1, -0.05) is 0 Å². The van der Waals surface area contributed by atoms with Crippen molar-refractivity contribution in [3.63, 3.8) is 0 Å². The number of carboxylic acid groups (broad SMARTS) is 1. The minimum Gasteiger partial charge on any atom is -0.505 e. The topological polar surface area (TPSA) is 223 Å². The van der Waals surface area contributed by atoms with E-state index in [0.717, 1.165) is 0 Å². The fraction of sp³-hybridized carbons (Fsp3) is 0.385. The molecule has 1 aromatic rings. The largest absolute Gasteiger partial charge is 0.505 e. The van der Waals surface area contributed by atoms with Gasteiger partial charge in [0.25, 0.3) is 0 Å². The lowest BCUT2D eigenvalue weighted by atomic mass is 10.1. The molecule has 0 aliphatic heterocycles. The van der Waals surface area contributed by atoms with Gasteiger partial charge in [0.2, 0.25) is 5.91 Å². The lowest BCUT2D eigenvalue weighted by Gasteiger charge is -2.09. The van der Waals surface area contributed by atoms with E-state index in [0.29, 0.717) is 6.29 Å². The number of carbonyl (C=O) groups excluding carboxylic acids is 2. The van der Waals surface area contributed by atoms with E-state index in [9.17, 15) is 24.1 Å². The highest BCUT2D eigenvalue weighted by atomic mass is 31.2. The molecule has 0 fully saturated rings. The molecule has 146 valence electrons. The summed E-state index contributed by atoms with van der Waals surface area (Å²) in [5.74, 6) is -1.96. The summed E-state index contributed by atoms with van der Waals surface area (Å²) in [5.41, 5.74) is 10.1. The number of carboxylic acids is 1. The summed E-state index contributed by atoms with van der Waals surface area (Å²) in [7, 11) is -4.61. The molecule has 8 N–H and O–H groups in total. The van der Waals surface area contributed by atoms with Gasteiger partial charge >= 0.3 is 13.8 Å². The Hall–Kier alpha value is -2.37. The van der Waals surface area contributed by atoms with E-state index in [1.165, 1.54) is 13.1 Å². The maximum Gasteiger partial charge on any atom is 0.469 e. The monoisotopic (exact) mass is 393 g/mol. The number of primary amides is 1. The molecule has 1 rings (SSSR count). The third kappa shape index (κ3) is 9.20. The highest BCUT2D eigenvalue weighted by Crippen LogP contribution is 2.37. The standard InChI is InChI=1S/C8H10NO6P.C5H10N2O3/c1-5-8(11)7(3-10)6(2-9-5)4-15-16(12,13)14;6-3(5(9)10)1-2-4(7)8/h2-3,11H,4H2,1H3,(H2,12,13,14);3H,1-2,6H2,(H2,7,8)(H,9,10). The number of phosphoric acid groups is 1. The molecule has 0 bridgehead atoms. The van der Waals surface area contributed by atoms with Crippen LogP contribution < -0.4 is 11.5 Å². The molecule has 13 heteroatoms. The van der Waals surface area contributed by atoms with Crippen molar-refractivity contribution in [1.29, 1.82) is 0 Å². The Kier molecular flexibility index (Phi) is 9.62. The lowest BCUT2D eigenvalue weighted by Crippen LogP contribution is -2.31. The van der Waals surface area contributed by atoms with Gasteiger partial charge in [0, 0.05) is 18.2 Å². The van der Waals surface area contributed by atoms with Gasteiger partial charge in [-0.25, -0.2) is 4.57 Å². The first-order chi connectivity index (χ1) is 11.9. The molecule has 0 spiro atoms. The molecule has 26 heavy (non-hydrogen) atoms. The lowest BCUT2D eigenvalue weighted by molar-refractivity contribution is -0.138. The van der Waals surface area contributed by atoms with E-state index in [1.807, 2.05) is 0 Å². The van der Waals surface area contributed by atoms with Crippen LogP contribution in [-0.2, 0) is 25.3 Å². The molecule has 0 aromatic carbocycles. The Morgan fingerprint density at radius 1 is 1.42 bits per heavy atom. The second kappa shape index (κ2) is 10.6. The average Bonchev–Trinajstić information content (AvgIpc) is 2.53. The number of aldehydes is 1. The first kappa shape index (κ1) is 23.6. The maximum absolute atomic E-state index is 10.7. The normalized spacial score (nSPS) is 11.8. The summed E-state index contributed by atoms with van der Waals surface area (Å²) in [4.78, 5) is 51.5. The molecule has 1 atom stereocenters. The van der Waals surface area contributed by atoms with E-state index < -0.39 is 32.3 Å². The predicted octanol–water partition coefficient (Wildman–Crippen LogP) is -0.819. The molecule has 0 saturated carbocycles. The number of aryl methyl sites for hydroxylation is 1. The van der Waals surface area contributed by atoms with Crippen LogP contribution in [0.1, 0.15) is 34.5 Å². The van der Waals surface area contributed by atoms with E-state index in [2.05, 4.69) is 9.51 Å². The zero-order valence-corrected chi connectivity index (χ0v) is 14.6. The van der Waals surface area contributed by atoms with Crippen molar-refractivity contribution in [1.82, 2.24) is 4.98 Å². The van der Waals surface area contributed by atoms with Crippen molar-refractivity contribution < 1.29 is 43.5 Å². The molecular weight excluding hydrogens is 373 g/mol. The maximum atomic E-state index is 10.7. The number of nitrogens with two attached hydrogens (primary N) is 2. The Morgan fingerprint density at radius 2 is 2.00 bits per heavy atom. The van der Waals surface area contributed by atoms with Crippen molar-refractivity contribution in [2.75, 3.05) is 0 Å². The molecule has 0 aliphatic carbocycles. The number of hydrogen-bond donors (Lipinski definition) is 6. The van der Waals surface area contributed by atoms with Gasteiger partial charge in [-0.15, -0.1) is 0 Å². The number of nitrogens with zero attached hydrogens (tertiary/aromatic N) is 1. The smallest absolute Gasteiger partial charge is 0.469 e. The molecule has 0 aliphatic rings. The summed E-state index contributed by atoms with van der Waals surface area (Å²) in [6.07, 6.45) is 1.72. The molecule has 0 radical (unpaired) electrons. The quantitative estimate of drug-likeness (QED) is 0.236. The summed E-state index contributed by atoms with van der Waals surface area (Å²) in [5, 5.41) is 17.7. The van der Waals surface area contributed by atoms with Gasteiger partial charge in [0.1, 0.15) is 11.8 Å². The molecular formula is C13H20N3O9P. The minimum atomic E-state index is -4.61. The fourth-order valence-electron chi connectivity index (χ4n) is 1.47. The SMILES string of the molecule is Cc1ncc(COP(=O)(O)O)c(C=O)c1O.NC(=O)CCC(N)C(=O)O. The van der Waals surface area contributed by atoms with Crippen LogP contribution in [-0.4, -0.2) is 49.2 Å². The first-order valence-electron chi connectivity index (χ1n) is 6.98. The number of carbonyl (C=O) groups is 3. The average molecular weight is 393 g/mol. The third-order valence-corrected chi connectivity index (χ3v) is 3.35. The first-order valence-corrected chi connectivity index (χ1v) is 8.51. The Morgan fingerprint density at radius 3 is 2.42 bits per heavy atom. The van der Waals surface area contributed by atoms with Crippen LogP contribution in [0.25, 0.3) is 0 Å². The summed E-state index contributed by atoms with van der Waals surface area (Å²) in [6, 6.07) is -0.979. The van der Waals surface area contributed by atoms with Crippen molar-refractivity contribution in [2.45, 2.75) is 32.4 Å². The van der Waals surface area contributed by atoms with Gasteiger partial charge in [0.05, 0.1) is 17.9 Å². The van der Waals surface area contributed by atoms with Crippen molar-refractivity contribution >= 4 is 26.0 Å². The number of amides is 1. The summed E-state index contributed by atoms with van der Waals surface area (Å²) < 4.78 is 14.7. The summed E-state index contributed by atoms with van der Waals surface area (Å²) >= 11 is 0. The van der Waals surface area contributed by atoms with Gasteiger partial charge in [0.15, 0.2) is 6.29 Å². The number of aromatic hydroxyl groups is 1. The van der Waals surface area contributed by atoms with Gasteiger partial charge in [-0.2, -0.15) is 0 Å². The Balaban J connectivity index is 0.000000541. The second-order valence-electron chi connectivity index (χ2n) is 4.96. The van der Waals surface area contributed by atoms with Crippen molar-refractivity contribution in [3.8, 4) is 5.75 Å². The van der Waals surface area contributed by atoms with Gasteiger partial charge in [-0.05, 0) is 13.3 Å². The number of rotatable bonds is 8. The van der Waals surface area contributed by atoms with Crippen LogP contribution in [0.15, 0.2) is 6.20 Å². The van der Waals surface area contributed by atoms with E-state index in [4.69, 9.17) is 26.4 Å². The second-order valence-corrected chi connectivity index (χ2v) is 6.20. The fourth-order valence-corrected chi connectivity index (χ4v) is 1.78. The third-order valence-electron chi connectivity index (χ3n) is 2.88. The summed E-state index contributed by atoms with van der Waals surface area (Å²) in [6.45, 7) is 0.995. The number of hydrogen-bond acceptors (Lipinski definition) is 8. The molecule has 1 heterocycles. The predicted molar refractivity (Wildman–Crippen MR) is 86.9 cm³/mol. The van der Waals surface area contributed by atoms with E-state index in [1.54, 1.807) is 0 Å². The van der Waals surface area contributed by atoms with Crippen molar-refractivity contribution in [3.05, 3.63) is 23.0 Å². The number of phosphoric ester groups is 1. The Bertz CT molecular complexity index is 704. The van der Waals surface area contributed by atoms with Crippen LogP contribution in [0.3, 0.4) is 0 Å². The van der Waals surface area contributed by atoms with Crippen LogP contribution in [0, 0.1) is 6.92 Å². The van der Waals surface area contributed by atoms with Crippen LogP contribution in [0.4, 0.5) is 0 Å². The minimum absolute atomic E-state index is 0.0213. The van der Waals surface area contributed by atoms with Crippen molar-refractivity contribution in [2.24, 2.45) is 11.5 Å². The number of aromatic nitrogens is 1. The highest BCUT2D eigenvalue weighted by molar-refractivity contribution is 7.46. The van der Waals surface area contributed by atoms with Crippen LogP contribution >= 0.6 is 7.82 Å². The number of pyridine rings is 1. The molecule has 12 nitrogen and oxygen atoms in total. The highest BCUT2D eigenvalue weighted by Gasteiger charge is 2.17. The zero-order chi connectivity index (χ0) is 20.5. The molecule has 0 saturated heterocycles. The molecule has 1 amide bonds. The van der Waals surface area contributed by atoms with Crippen LogP contribution in [0.2, 0.25) is 0 Å². The zero-order valence-electron chi connectivity index (χ0n) is 13.7. The molecule has 1 unspecified atom stereocenters. The van der Waals surface area contributed by atoms with Gasteiger partial charge in [-0.3, -0.25) is 23.9 Å². The van der Waals surface area contributed by atoms with E-state index >= 15 is 0 Å². The van der Waals surface area contributed by atoms with Crippen LogP contribution in [0.5, 0.6) is 5.75 Å². The molecule has 1 aromatic heterocycles. The van der Waals surface area contributed by atoms with Gasteiger partial charge < -0.3 is 31.5 Å². The number of aliphatic carboxylic acids is 1. The Labute approximate surface area is 148 Å².